The zero-order chi connectivity index (χ0) is 14.5. The fourth-order valence-corrected chi connectivity index (χ4v) is 1.43. The molecule has 0 saturated carbocycles. The number of ketones is 1. The molecule has 0 amide bonds. The van der Waals surface area contributed by atoms with Crippen LogP contribution in [0, 0.1) is 24.7 Å². The van der Waals surface area contributed by atoms with Crippen LogP contribution in [0.25, 0.3) is 0 Å². The monoisotopic (exact) mass is 265 g/mol. The van der Waals surface area contributed by atoms with Gasteiger partial charge in [0.1, 0.15) is 11.4 Å². The van der Waals surface area contributed by atoms with Crippen LogP contribution in [0.1, 0.15) is 41.0 Å². The highest BCUT2D eigenvalue weighted by Crippen LogP contribution is 2.23. The molecule has 0 aliphatic rings. The lowest BCUT2D eigenvalue weighted by Crippen LogP contribution is -2.09. The maximum atomic E-state index is 12.0. The van der Waals surface area contributed by atoms with E-state index in [4.69, 9.17) is 12.8 Å². The summed E-state index contributed by atoms with van der Waals surface area (Å²) in [5.74, 6) is 4.05. The van der Waals surface area contributed by atoms with Crippen LogP contribution in [0.3, 0.4) is 0 Å². The second-order valence-corrected chi connectivity index (χ2v) is 3.81. The number of pyridine rings is 1. The molecule has 98 valence electrons. The summed E-state index contributed by atoms with van der Waals surface area (Å²) in [5, 5.41) is 0. The minimum atomic E-state index is -4.26. The first-order chi connectivity index (χ1) is 8.85. The van der Waals surface area contributed by atoms with Crippen LogP contribution in [0.15, 0.2) is 12.1 Å². The van der Waals surface area contributed by atoms with Gasteiger partial charge in [0.2, 0.25) is 0 Å². The average molecular weight is 265 g/mol. The first kappa shape index (κ1) is 14.8. The van der Waals surface area contributed by atoms with E-state index in [0.717, 1.165) is 0 Å². The predicted molar refractivity (Wildman–Crippen MR) is 64.3 cm³/mol. The van der Waals surface area contributed by atoms with Crippen LogP contribution in [0.4, 0.5) is 13.2 Å². The molecule has 0 fully saturated rings. The third-order valence-electron chi connectivity index (χ3n) is 2.31. The number of rotatable bonds is 4. The summed E-state index contributed by atoms with van der Waals surface area (Å²) in [7, 11) is 0. The van der Waals surface area contributed by atoms with Gasteiger partial charge in [-0.1, -0.05) is 11.8 Å². The molecule has 0 N–H and O–H groups in total. The lowest BCUT2D eigenvalue weighted by molar-refractivity contribution is -0.135. The van der Waals surface area contributed by atoms with Gasteiger partial charge in [0, 0.05) is 18.4 Å². The maximum absolute atomic E-state index is 12.0. The van der Waals surface area contributed by atoms with E-state index in [1.165, 1.54) is 12.1 Å². The van der Waals surface area contributed by atoms with E-state index < -0.39 is 18.4 Å². The van der Waals surface area contributed by atoms with Gasteiger partial charge in [-0.3, -0.25) is 4.79 Å². The number of aromatic nitrogens is 1. The Labute approximate surface area is 109 Å². The molecule has 0 radical (unpaired) electrons. The summed E-state index contributed by atoms with van der Waals surface area (Å²) in [5.41, 5.74) is 0.572. The number of carbonyl (C=O) groups is 1. The lowest BCUT2D eigenvalue weighted by atomic mass is 10.0. The molecule has 0 saturated heterocycles. The molecule has 1 rings (SSSR count). The van der Waals surface area contributed by atoms with Crippen molar-refractivity contribution in [2.45, 2.75) is 25.4 Å². The van der Waals surface area contributed by atoms with E-state index in [2.05, 4.69) is 16.8 Å². The number of nitrogens with zero attached hydrogens (tertiary/aromatic N) is 1. The topological polar surface area (TPSA) is 30.0 Å². The molecule has 0 atom stereocenters. The Morgan fingerprint density at radius 3 is 2.16 bits per heavy atom. The number of carbonyl (C=O) groups excluding carboxylic acids is 1. The summed E-state index contributed by atoms with van der Waals surface area (Å²) in [6.07, 6.45) is 4.59. The molecular weight excluding hydrogens is 255 g/mol. The van der Waals surface area contributed by atoms with Crippen molar-refractivity contribution >= 4 is 5.78 Å². The molecule has 0 aliphatic heterocycles. The molecule has 0 bridgehead atoms. The van der Waals surface area contributed by atoms with Gasteiger partial charge in [0.25, 0.3) is 0 Å². The minimum Gasteiger partial charge on any atom is -0.294 e. The normalized spacial score (nSPS) is 10.6. The largest absolute Gasteiger partial charge is 0.389 e. The Kier molecular flexibility index (Phi) is 4.72. The van der Waals surface area contributed by atoms with Gasteiger partial charge in [0.05, 0.1) is 0 Å². The van der Waals surface area contributed by atoms with E-state index in [0.29, 0.717) is 0 Å². The SMILES string of the molecule is C#Cc1cc(C(=O)CCCC(F)(F)F)cc(C#C)n1. The molecule has 1 aromatic rings. The van der Waals surface area contributed by atoms with E-state index >= 15 is 0 Å². The second kappa shape index (κ2) is 6.06. The van der Waals surface area contributed by atoms with Gasteiger partial charge < -0.3 is 0 Å². The van der Waals surface area contributed by atoms with Gasteiger partial charge in [-0.05, 0) is 18.6 Å². The summed E-state index contributed by atoms with van der Waals surface area (Å²) in [6.45, 7) is 0. The fourth-order valence-electron chi connectivity index (χ4n) is 1.43. The van der Waals surface area contributed by atoms with Crippen LogP contribution >= 0.6 is 0 Å². The highest BCUT2D eigenvalue weighted by atomic mass is 19.4. The van der Waals surface area contributed by atoms with Gasteiger partial charge in [-0.25, -0.2) is 4.98 Å². The molecule has 0 spiro atoms. The predicted octanol–water partition coefficient (Wildman–Crippen LogP) is 2.96. The molecule has 1 heterocycles. The number of halogens is 3. The van der Waals surface area contributed by atoms with Crippen molar-refractivity contribution < 1.29 is 18.0 Å². The summed E-state index contributed by atoms with van der Waals surface area (Å²) < 4.78 is 35.9. The highest BCUT2D eigenvalue weighted by molar-refractivity contribution is 5.96. The number of alkyl halides is 3. The Balaban J connectivity index is 2.78. The Morgan fingerprint density at radius 1 is 1.21 bits per heavy atom. The maximum Gasteiger partial charge on any atom is 0.389 e. The van der Waals surface area contributed by atoms with Crippen LogP contribution in [0.5, 0.6) is 0 Å². The average Bonchev–Trinajstić information content (AvgIpc) is 2.36. The first-order valence-electron chi connectivity index (χ1n) is 5.41. The van der Waals surface area contributed by atoms with Crippen molar-refractivity contribution in [2.75, 3.05) is 0 Å². The molecule has 1 aromatic heterocycles. The molecule has 0 aliphatic carbocycles. The standard InChI is InChI=1S/C14H10F3NO/c1-3-11-8-10(9-12(4-2)18-11)13(19)6-5-7-14(15,16)17/h1-2,8-9H,5-7H2. The van der Waals surface area contributed by atoms with Gasteiger partial charge >= 0.3 is 6.18 Å². The molecular formula is C14H10F3NO. The van der Waals surface area contributed by atoms with E-state index in [-0.39, 0.29) is 29.8 Å². The van der Waals surface area contributed by atoms with Crippen molar-refractivity contribution in [1.29, 1.82) is 0 Å². The van der Waals surface area contributed by atoms with Crippen LogP contribution in [-0.4, -0.2) is 16.9 Å². The van der Waals surface area contributed by atoms with Crippen LogP contribution < -0.4 is 0 Å². The van der Waals surface area contributed by atoms with E-state index in [1.807, 2.05) is 0 Å². The quantitative estimate of drug-likeness (QED) is 0.619. The third-order valence-corrected chi connectivity index (χ3v) is 2.31. The molecule has 2 nitrogen and oxygen atoms in total. The summed E-state index contributed by atoms with van der Waals surface area (Å²) in [6, 6.07) is 2.69. The zero-order valence-corrected chi connectivity index (χ0v) is 9.92. The van der Waals surface area contributed by atoms with Crippen molar-refractivity contribution in [3.05, 3.63) is 29.1 Å². The fraction of sp³-hybridized carbons (Fsp3) is 0.286. The number of terminal acetylenes is 2. The summed E-state index contributed by atoms with van der Waals surface area (Å²) >= 11 is 0. The number of hydrogen-bond acceptors (Lipinski definition) is 2. The van der Waals surface area contributed by atoms with Crippen molar-refractivity contribution in [3.63, 3.8) is 0 Å². The first-order valence-corrected chi connectivity index (χ1v) is 5.41. The Bertz CT molecular complexity index is 529. The van der Waals surface area contributed by atoms with Crippen LogP contribution in [-0.2, 0) is 0 Å². The number of Topliss-reactive ketones (excluding diaryl/α,β-unsaturated/α-hetero) is 1. The van der Waals surface area contributed by atoms with Gasteiger partial charge in [0.15, 0.2) is 5.78 Å². The van der Waals surface area contributed by atoms with Gasteiger partial charge in [-0.15, -0.1) is 12.8 Å². The minimum absolute atomic E-state index is 0.189. The lowest BCUT2D eigenvalue weighted by Gasteiger charge is -2.06. The van der Waals surface area contributed by atoms with Crippen molar-refractivity contribution in [1.82, 2.24) is 4.98 Å². The molecule has 0 unspecified atom stereocenters. The van der Waals surface area contributed by atoms with E-state index in [1.54, 1.807) is 0 Å². The smallest absolute Gasteiger partial charge is 0.294 e. The summed E-state index contributed by atoms with van der Waals surface area (Å²) in [4.78, 5) is 15.6. The number of hydrogen-bond donors (Lipinski definition) is 0. The zero-order valence-electron chi connectivity index (χ0n) is 9.92. The Morgan fingerprint density at radius 2 is 1.74 bits per heavy atom. The highest BCUT2D eigenvalue weighted by Gasteiger charge is 2.26. The molecule has 0 aromatic carbocycles. The van der Waals surface area contributed by atoms with E-state index in [9.17, 15) is 18.0 Å². The van der Waals surface area contributed by atoms with Gasteiger partial charge in [-0.2, -0.15) is 13.2 Å². The van der Waals surface area contributed by atoms with Crippen LogP contribution in [0.2, 0.25) is 0 Å². The van der Waals surface area contributed by atoms with Crippen molar-refractivity contribution in [2.24, 2.45) is 0 Å². The molecule has 19 heavy (non-hydrogen) atoms. The Hall–Kier alpha value is -2.27. The van der Waals surface area contributed by atoms with Crippen molar-refractivity contribution in [3.8, 4) is 24.7 Å². The molecule has 5 heteroatoms. The second-order valence-electron chi connectivity index (χ2n) is 3.81. The third kappa shape index (κ3) is 4.85.